The van der Waals surface area contributed by atoms with E-state index >= 15 is 0 Å². The average Bonchev–Trinajstić information content (AvgIpc) is 2.19. The van der Waals surface area contributed by atoms with Gasteiger partial charge < -0.3 is 0 Å². The van der Waals surface area contributed by atoms with E-state index in [4.69, 9.17) is 5.26 Å². The van der Waals surface area contributed by atoms with Crippen LogP contribution in [0.4, 0.5) is 0 Å². The molecule has 3 nitrogen and oxygen atoms in total. The first-order valence-corrected chi connectivity index (χ1v) is 3.54. The molecule has 0 atom stereocenters. The summed E-state index contributed by atoms with van der Waals surface area (Å²) in [5.41, 5.74) is 3.28. The molecule has 0 unspecified atom stereocenters. The van der Waals surface area contributed by atoms with E-state index in [1.165, 1.54) is 5.56 Å². The van der Waals surface area contributed by atoms with Gasteiger partial charge in [0.15, 0.2) is 0 Å². The van der Waals surface area contributed by atoms with E-state index in [1.54, 1.807) is 4.68 Å². The molecule has 0 aliphatic heterocycles. The Morgan fingerprint density at radius 3 is 2.45 bits per heavy atom. The monoisotopic (exact) mass is 149 g/mol. The molecule has 0 radical (unpaired) electrons. The molecular formula is C8H11N3. The molecule has 1 heterocycles. The van der Waals surface area contributed by atoms with Crippen LogP contribution in [0.1, 0.15) is 17.0 Å². The van der Waals surface area contributed by atoms with Crippen LogP contribution in [0, 0.1) is 32.1 Å². The summed E-state index contributed by atoms with van der Waals surface area (Å²) in [6, 6.07) is 2.07. The van der Waals surface area contributed by atoms with Crippen LogP contribution in [-0.2, 0) is 6.54 Å². The summed E-state index contributed by atoms with van der Waals surface area (Å²) >= 11 is 0. The van der Waals surface area contributed by atoms with E-state index in [0.717, 1.165) is 11.4 Å². The van der Waals surface area contributed by atoms with Crippen molar-refractivity contribution in [3.8, 4) is 6.07 Å². The molecule has 0 bridgehead atoms. The van der Waals surface area contributed by atoms with Gasteiger partial charge in [-0.05, 0) is 26.3 Å². The lowest BCUT2D eigenvalue weighted by Gasteiger charge is -1.95. The molecule has 0 fully saturated rings. The fourth-order valence-electron chi connectivity index (χ4n) is 1.01. The van der Waals surface area contributed by atoms with Gasteiger partial charge in [-0.15, -0.1) is 0 Å². The number of hydrogen-bond acceptors (Lipinski definition) is 2. The second-order valence-electron chi connectivity index (χ2n) is 2.61. The maximum absolute atomic E-state index is 8.43. The standard InChI is InChI=1S/C8H11N3/c1-6-7(2)10-11(5-4-9)8(6)3/h5H2,1-3H3. The normalized spacial score (nSPS) is 9.64. The first kappa shape index (κ1) is 7.80. The molecule has 1 aromatic rings. The molecular weight excluding hydrogens is 138 g/mol. The molecule has 11 heavy (non-hydrogen) atoms. The highest BCUT2D eigenvalue weighted by molar-refractivity contribution is 5.22. The molecule has 0 aliphatic rings. The van der Waals surface area contributed by atoms with Crippen molar-refractivity contribution in [1.29, 1.82) is 5.26 Å². The van der Waals surface area contributed by atoms with Crippen LogP contribution >= 0.6 is 0 Å². The van der Waals surface area contributed by atoms with Gasteiger partial charge in [0.2, 0.25) is 0 Å². The van der Waals surface area contributed by atoms with Crippen LogP contribution < -0.4 is 0 Å². The molecule has 0 aliphatic carbocycles. The first-order chi connectivity index (χ1) is 5.16. The number of aryl methyl sites for hydroxylation is 1. The SMILES string of the molecule is Cc1nn(CC#N)c(C)c1C. The van der Waals surface area contributed by atoms with E-state index in [2.05, 4.69) is 11.2 Å². The van der Waals surface area contributed by atoms with E-state index in [-0.39, 0.29) is 0 Å². The largest absolute Gasteiger partial charge is 0.255 e. The van der Waals surface area contributed by atoms with Gasteiger partial charge in [0, 0.05) is 5.69 Å². The molecule has 3 heteroatoms. The maximum atomic E-state index is 8.43. The Balaban J connectivity index is 3.10. The van der Waals surface area contributed by atoms with Crippen molar-refractivity contribution in [3.63, 3.8) is 0 Å². The highest BCUT2D eigenvalue weighted by Crippen LogP contribution is 2.09. The van der Waals surface area contributed by atoms with E-state index in [0.29, 0.717) is 6.54 Å². The maximum Gasteiger partial charge on any atom is 0.128 e. The Labute approximate surface area is 66.3 Å². The number of aromatic nitrogens is 2. The summed E-state index contributed by atoms with van der Waals surface area (Å²) in [4.78, 5) is 0. The van der Waals surface area contributed by atoms with Crippen LogP contribution in [0.2, 0.25) is 0 Å². The predicted molar refractivity (Wildman–Crippen MR) is 42.1 cm³/mol. The lowest BCUT2D eigenvalue weighted by Crippen LogP contribution is -2.00. The first-order valence-electron chi connectivity index (χ1n) is 3.54. The van der Waals surface area contributed by atoms with E-state index in [9.17, 15) is 0 Å². The number of nitriles is 1. The zero-order chi connectivity index (χ0) is 8.43. The van der Waals surface area contributed by atoms with Gasteiger partial charge in [-0.3, -0.25) is 4.68 Å². The summed E-state index contributed by atoms with van der Waals surface area (Å²) < 4.78 is 1.73. The lowest BCUT2D eigenvalue weighted by atomic mass is 10.2. The molecule has 0 saturated heterocycles. The third-order valence-corrected chi connectivity index (χ3v) is 1.96. The number of rotatable bonds is 1. The topological polar surface area (TPSA) is 41.6 Å². The zero-order valence-electron chi connectivity index (χ0n) is 7.05. The van der Waals surface area contributed by atoms with Crippen molar-refractivity contribution in [2.24, 2.45) is 0 Å². The number of nitrogens with zero attached hydrogens (tertiary/aromatic N) is 3. The van der Waals surface area contributed by atoms with Crippen molar-refractivity contribution in [2.45, 2.75) is 27.3 Å². The Hall–Kier alpha value is -1.30. The summed E-state index contributed by atoms with van der Waals surface area (Å²) in [6.45, 7) is 6.30. The van der Waals surface area contributed by atoms with Crippen molar-refractivity contribution in [3.05, 3.63) is 17.0 Å². The van der Waals surface area contributed by atoms with Crippen molar-refractivity contribution in [2.75, 3.05) is 0 Å². The van der Waals surface area contributed by atoms with Gasteiger partial charge in [0.25, 0.3) is 0 Å². The molecule has 1 aromatic heterocycles. The average molecular weight is 149 g/mol. The summed E-state index contributed by atoms with van der Waals surface area (Å²) in [7, 11) is 0. The van der Waals surface area contributed by atoms with Crippen LogP contribution in [0.3, 0.4) is 0 Å². The van der Waals surface area contributed by atoms with Crippen LogP contribution in [-0.4, -0.2) is 9.78 Å². The van der Waals surface area contributed by atoms with Crippen LogP contribution in [0.15, 0.2) is 0 Å². The molecule has 0 spiro atoms. The third kappa shape index (κ3) is 1.25. The van der Waals surface area contributed by atoms with E-state index in [1.807, 2.05) is 20.8 Å². The highest BCUT2D eigenvalue weighted by atomic mass is 15.3. The van der Waals surface area contributed by atoms with E-state index < -0.39 is 0 Å². The second kappa shape index (κ2) is 2.75. The van der Waals surface area contributed by atoms with Crippen LogP contribution in [0.5, 0.6) is 0 Å². The Kier molecular flexibility index (Phi) is 1.95. The van der Waals surface area contributed by atoms with Gasteiger partial charge in [0.05, 0.1) is 11.8 Å². The van der Waals surface area contributed by atoms with Crippen LogP contribution in [0.25, 0.3) is 0 Å². The minimum atomic E-state index is 0.348. The Morgan fingerprint density at radius 2 is 2.09 bits per heavy atom. The Bertz CT molecular complexity index is 304. The quantitative estimate of drug-likeness (QED) is 0.604. The lowest BCUT2D eigenvalue weighted by molar-refractivity contribution is 0.679. The molecule has 0 amide bonds. The smallest absolute Gasteiger partial charge is 0.128 e. The van der Waals surface area contributed by atoms with Gasteiger partial charge in [0.1, 0.15) is 6.54 Å². The zero-order valence-corrected chi connectivity index (χ0v) is 7.05. The molecule has 0 N–H and O–H groups in total. The molecule has 0 aromatic carbocycles. The van der Waals surface area contributed by atoms with Crippen molar-refractivity contribution < 1.29 is 0 Å². The highest BCUT2D eigenvalue weighted by Gasteiger charge is 2.05. The fourth-order valence-corrected chi connectivity index (χ4v) is 1.01. The van der Waals surface area contributed by atoms with Crippen molar-refractivity contribution >= 4 is 0 Å². The molecule has 1 rings (SSSR count). The minimum Gasteiger partial charge on any atom is -0.255 e. The van der Waals surface area contributed by atoms with Gasteiger partial charge in [-0.2, -0.15) is 10.4 Å². The third-order valence-electron chi connectivity index (χ3n) is 1.96. The fraction of sp³-hybridized carbons (Fsp3) is 0.500. The van der Waals surface area contributed by atoms with Gasteiger partial charge >= 0.3 is 0 Å². The van der Waals surface area contributed by atoms with Gasteiger partial charge in [-0.1, -0.05) is 0 Å². The summed E-state index contributed by atoms with van der Waals surface area (Å²) in [5.74, 6) is 0. The summed E-state index contributed by atoms with van der Waals surface area (Å²) in [5, 5.41) is 12.6. The summed E-state index contributed by atoms with van der Waals surface area (Å²) in [6.07, 6.45) is 0. The predicted octanol–water partition coefficient (Wildman–Crippen LogP) is 1.33. The minimum absolute atomic E-state index is 0.348. The molecule has 58 valence electrons. The van der Waals surface area contributed by atoms with Crippen molar-refractivity contribution in [1.82, 2.24) is 9.78 Å². The second-order valence-corrected chi connectivity index (χ2v) is 2.61. The van der Waals surface area contributed by atoms with Gasteiger partial charge in [-0.25, -0.2) is 0 Å². The molecule has 0 saturated carbocycles. The Morgan fingerprint density at radius 1 is 1.45 bits per heavy atom. The number of hydrogen-bond donors (Lipinski definition) is 0.